The second-order valence-corrected chi connectivity index (χ2v) is 3.38. The monoisotopic (exact) mass is 217 g/mol. The summed E-state index contributed by atoms with van der Waals surface area (Å²) in [5.41, 5.74) is 5.75. The first-order valence-electron chi connectivity index (χ1n) is 4.45. The predicted octanol–water partition coefficient (Wildman–Crippen LogP) is 1.63. The lowest BCUT2D eigenvalue weighted by Gasteiger charge is -2.14. The van der Waals surface area contributed by atoms with Crippen LogP contribution in [0.1, 0.15) is 29.2 Å². The molecular formula is C10H13F2NO2. The fourth-order valence-corrected chi connectivity index (χ4v) is 1.38. The molecule has 0 amide bonds. The molecule has 1 aromatic rings. The molecule has 0 radical (unpaired) electrons. The molecule has 1 rings (SSSR count). The molecule has 0 saturated heterocycles. The Balaban J connectivity index is 3.28. The number of aliphatic hydroxyl groups excluding tert-OH is 1. The maximum Gasteiger partial charge on any atom is 0.267 e. The van der Waals surface area contributed by atoms with E-state index in [9.17, 15) is 13.9 Å². The number of hydrogen-bond acceptors (Lipinski definition) is 3. The molecule has 1 aromatic carbocycles. The minimum absolute atomic E-state index is 0.146. The van der Waals surface area contributed by atoms with Crippen LogP contribution < -0.4 is 5.73 Å². The number of hydrogen-bond donors (Lipinski definition) is 3. The summed E-state index contributed by atoms with van der Waals surface area (Å²) >= 11 is 0. The molecule has 3 nitrogen and oxygen atoms in total. The van der Waals surface area contributed by atoms with Gasteiger partial charge < -0.3 is 15.9 Å². The van der Waals surface area contributed by atoms with Gasteiger partial charge in [0.2, 0.25) is 0 Å². The van der Waals surface area contributed by atoms with Gasteiger partial charge in [0, 0.05) is 5.56 Å². The van der Waals surface area contributed by atoms with Crippen molar-refractivity contribution in [3.63, 3.8) is 0 Å². The van der Waals surface area contributed by atoms with E-state index in [4.69, 9.17) is 10.8 Å². The van der Waals surface area contributed by atoms with Crippen LogP contribution in [0.5, 0.6) is 5.75 Å². The molecule has 0 aliphatic carbocycles. The van der Waals surface area contributed by atoms with Crippen molar-refractivity contribution in [2.75, 3.05) is 6.61 Å². The molecule has 0 saturated carbocycles. The first kappa shape index (κ1) is 11.9. The van der Waals surface area contributed by atoms with Crippen LogP contribution in [0.4, 0.5) is 8.78 Å². The van der Waals surface area contributed by atoms with Gasteiger partial charge in [0.05, 0.1) is 18.2 Å². The molecule has 1 unspecified atom stereocenters. The van der Waals surface area contributed by atoms with Crippen molar-refractivity contribution in [3.05, 3.63) is 28.8 Å². The lowest BCUT2D eigenvalue weighted by atomic mass is 10.00. The minimum atomic E-state index is -2.76. The van der Waals surface area contributed by atoms with Crippen molar-refractivity contribution in [2.24, 2.45) is 5.73 Å². The van der Waals surface area contributed by atoms with Crippen molar-refractivity contribution in [3.8, 4) is 5.75 Å². The Hall–Kier alpha value is -1.20. The van der Waals surface area contributed by atoms with E-state index in [2.05, 4.69) is 0 Å². The SMILES string of the molecule is Cc1cc(C(F)F)c(O)c(C(N)CO)c1. The smallest absolute Gasteiger partial charge is 0.267 e. The van der Waals surface area contributed by atoms with E-state index in [1.54, 1.807) is 6.92 Å². The van der Waals surface area contributed by atoms with Gasteiger partial charge in [-0.05, 0) is 13.0 Å². The molecule has 5 heteroatoms. The maximum atomic E-state index is 12.5. The van der Waals surface area contributed by atoms with Gasteiger partial charge in [-0.3, -0.25) is 0 Å². The van der Waals surface area contributed by atoms with Crippen molar-refractivity contribution in [1.82, 2.24) is 0 Å². The van der Waals surface area contributed by atoms with Gasteiger partial charge in [-0.25, -0.2) is 8.78 Å². The zero-order valence-corrected chi connectivity index (χ0v) is 8.24. The zero-order chi connectivity index (χ0) is 11.6. The Morgan fingerprint density at radius 1 is 1.33 bits per heavy atom. The lowest BCUT2D eigenvalue weighted by Crippen LogP contribution is -2.15. The number of halogens is 2. The van der Waals surface area contributed by atoms with Crippen LogP contribution in [0, 0.1) is 6.92 Å². The van der Waals surface area contributed by atoms with E-state index in [-0.39, 0.29) is 5.56 Å². The van der Waals surface area contributed by atoms with E-state index < -0.39 is 30.4 Å². The molecule has 15 heavy (non-hydrogen) atoms. The Kier molecular flexibility index (Phi) is 3.60. The van der Waals surface area contributed by atoms with Crippen LogP contribution in [0.25, 0.3) is 0 Å². The van der Waals surface area contributed by atoms with Crippen LogP contribution in [0.2, 0.25) is 0 Å². The number of benzene rings is 1. The van der Waals surface area contributed by atoms with E-state index in [1.165, 1.54) is 12.1 Å². The van der Waals surface area contributed by atoms with Crippen molar-refractivity contribution >= 4 is 0 Å². The standard InChI is InChI=1S/C10H13F2NO2/c1-5-2-6(8(13)4-14)9(15)7(3-5)10(11)12/h2-3,8,10,14-15H,4,13H2,1H3. The minimum Gasteiger partial charge on any atom is -0.507 e. The third-order valence-electron chi connectivity index (χ3n) is 2.14. The largest absolute Gasteiger partial charge is 0.507 e. The van der Waals surface area contributed by atoms with Crippen molar-refractivity contribution in [1.29, 1.82) is 0 Å². The highest BCUT2D eigenvalue weighted by molar-refractivity contribution is 5.45. The average molecular weight is 217 g/mol. The number of phenols is 1. The highest BCUT2D eigenvalue weighted by atomic mass is 19.3. The van der Waals surface area contributed by atoms with Gasteiger partial charge in [-0.1, -0.05) is 11.6 Å². The second kappa shape index (κ2) is 4.55. The van der Waals surface area contributed by atoms with Crippen LogP contribution in [0.15, 0.2) is 12.1 Å². The van der Waals surface area contributed by atoms with Crippen LogP contribution in [0.3, 0.4) is 0 Å². The summed E-state index contributed by atoms with van der Waals surface area (Å²) < 4.78 is 25.0. The van der Waals surface area contributed by atoms with Gasteiger partial charge in [0.15, 0.2) is 0 Å². The molecule has 0 heterocycles. The summed E-state index contributed by atoms with van der Waals surface area (Å²) in [7, 11) is 0. The summed E-state index contributed by atoms with van der Waals surface area (Å²) in [5, 5.41) is 18.3. The number of nitrogens with two attached hydrogens (primary N) is 1. The molecule has 0 fully saturated rings. The molecule has 0 aliphatic rings. The number of alkyl halides is 2. The van der Waals surface area contributed by atoms with Crippen molar-refractivity contribution < 1.29 is 19.0 Å². The number of aryl methyl sites for hydroxylation is 1. The Labute approximate surface area is 86.2 Å². The molecule has 4 N–H and O–H groups in total. The molecule has 1 atom stereocenters. The molecule has 0 bridgehead atoms. The first-order chi connectivity index (χ1) is 6.97. The first-order valence-corrected chi connectivity index (χ1v) is 4.45. The van der Waals surface area contributed by atoms with E-state index >= 15 is 0 Å². The maximum absolute atomic E-state index is 12.5. The van der Waals surface area contributed by atoms with Gasteiger partial charge in [0.1, 0.15) is 5.75 Å². The normalized spacial score (nSPS) is 13.2. The molecule has 0 spiro atoms. The van der Waals surface area contributed by atoms with E-state index in [0.717, 1.165) is 0 Å². The highest BCUT2D eigenvalue weighted by Gasteiger charge is 2.19. The Morgan fingerprint density at radius 2 is 1.87 bits per heavy atom. The quantitative estimate of drug-likeness (QED) is 0.720. The Bertz CT molecular complexity index is 356. The summed E-state index contributed by atoms with van der Waals surface area (Å²) in [6, 6.07) is 1.85. The fraction of sp³-hybridized carbons (Fsp3) is 0.400. The summed E-state index contributed by atoms with van der Waals surface area (Å²) in [6.45, 7) is 1.22. The number of aromatic hydroxyl groups is 1. The van der Waals surface area contributed by atoms with Crippen molar-refractivity contribution in [2.45, 2.75) is 19.4 Å². The summed E-state index contributed by atoms with van der Waals surface area (Å²) in [6.07, 6.45) is -2.76. The predicted molar refractivity (Wildman–Crippen MR) is 51.8 cm³/mol. The van der Waals surface area contributed by atoms with Crippen LogP contribution >= 0.6 is 0 Å². The molecular weight excluding hydrogens is 204 g/mol. The Morgan fingerprint density at radius 3 is 2.33 bits per heavy atom. The molecule has 84 valence electrons. The van der Waals surface area contributed by atoms with Gasteiger partial charge in [-0.2, -0.15) is 0 Å². The van der Waals surface area contributed by atoms with Crippen LogP contribution in [-0.4, -0.2) is 16.8 Å². The van der Waals surface area contributed by atoms with Gasteiger partial charge in [-0.15, -0.1) is 0 Å². The van der Waals surface area contributed by atoms with E-state index in [1.807, 2.05) is 0 Å². The highest BCUT2D eigenvalue weighted by Crippen LogP contribution is 2.34. The van der Waals surface area contributed by atoms with Gasteiger partial charge >= 0.3 is 0 Å². The summed E-state index contributed by atoms with van der Waals surface area (Å²) in [4.78, 5) is 0. The topological polar surface area (TPSA) is 66.5 Å². The van der Waals surface area contributed by atoms with Crippen LogP contribution in [-0.2, 0) is 0 Å². The number of aliphatic hydroxyl groups is 1. The number of phenolic OH excluding ortho intramolecular Hbond substituents is 1. The molecule has 0 aromatic heterocycles. The van der Waals surface area contributed by atoms with E-state index in [0.29, 0.717) is 5.56 Å². The van der Waals surface area contributed by atoms with Gasteiger partial charge in [0.25, 0.3) is 6.43 Å². The fourth-order valence-electron chi connectivity index (χ4n) is 1.38. The average Bonchev–Trinajstić information content (AvgIpc) is 2.19. The summed E-state index contributed by atoms with van der Waals surface area (Å²) in [5.74, 6) is -0.530. The third-order valence-corrected chi connectivity index (χ3v) is 2.14. The molecule has 0 aliphatic heterocycles. The third kappa shape index (κ3) is 2.43. The zero-order valence-electron chi connectivity index (χ0n) is 8.24. The lowest BCUT2D eigenvalue weighted by molar-refractivity contribution is 0.147. The number of rotatable bonds is 3. The second-order valence-electron chi connectivity index (χ2n) is 3.38.